The lowest BCUT2D eigenvalue weighted by Crippen LogP contribution is -2.53. The van der Waals surface area contributed by atoms with Gasteiger partial charge in [-0.25, -0.2) is 0 Å². The molecule has 1 unspecified atom stereocenters. The molecular formula is C12H26N2. The van der Waals surface area contributed by atoms with Crippen LogP contribution in [0.15, 0.2) is 0 Å². The summed E-state index contributed by atoms with van der Waals surface area (Å²) in [5, 5.41) is 3.66. The molecule has 0 aromatic heterocycles. The molecule has 14 heavy (non-hydrogen) atoms. The molecular weight excluding hydrogens is 172 g/mol. The quantitative estimate of drug-likeness (QED) is 0.728. The molecule has 0 aromatic rings. The second-order valence-corrected chi connectivity index (χ2v) is 5.48. The molecule has 1 atom stereocenters. The van der Waals surface area contributed by atoms with Crippen molar-refractivity contribution in [2.75, 3.05) is 6.54 Å². The van der Waals surface area contributed by atoms with E-state index < -0.39 is 0 Å². The van der Waals surface area contributed by atoms with Crippen LogP contribution >= 0.6 is 0 Å². The van der Waals surface area contributed by atoms with Crippen molar-refractivity contribution in [3.8, 4) is 0 Å². The number of nitrogens with one attached hydrogen (secondary N) is 1. The monoisotopic (exact) mass is 198 g/mol. The first kappa shape index (κ1) is 12.0. The lowest BCUT2D eigenvalue weighted by molar-refractivity contribution is 0.232. The van der Waals surface area contributed by atoms with Gasteiger partial charge in [0.1, 0.15) is 0 Å². The summed E-state index contributed by atoms with van der Waals surface area (Å²) in [6, 6.07) is 0. The Hall–Kier alpha value is -0.0800. The fraction of sp³-hybridized carbons (Fsp3) is 1.00. The smallest absolute Gasteiger partial charge is 0.0249 e. The van der Waals surface area contributed by atoms with E-state index in [4.69, 9.17) is 5.73 Å². The molecule has 0 bridgehead atoms. The molecule has 0 saturated heterocycles. The van der Waals surface area contributed by atoms with Crippen molar-refractivity contribution in [3.05, 3.63) is 0 Å². The summed E-state index contributed by atoms with van der Waals surface area (Å²) in [6.45, 7) is 7.58. The van der Waals surface area contributed by atoms with Crippen molar-refractivity contribution in [2.45, 2.75) is 70.4 Å². The van der Waals surface area contributed by atoms with Crippen molar-refractivity contribution in [1.82, 2.24) is 5.32 Å². The Morgan fingerprint density at radius 1 is 1.29 bits per heavy atom. The second-order valence-electron chi connectivity index (χ2n) is 5.48. The van der Waals surface area contributed by atoms with Crippen LogP contribution in [0, 0.1) is 0 Å². The number of hydrogen-bond donors (Lipinski definition) is 2. The number of nitrogens with two attached hydrogens (primary N) is 1. The minimum absolute atomic E-state index is 0.0412. The van der Waals surface area contributed by atoms with Gasteiger partial charge in [-0.2, -0.15) is 0 Å². The van der Waals surface area contributed by atoms with Gasteiger partial charge in [0.05, 0.1) is 0 Å². The van der Waals surface area contributed by atoms with Crippen molar-refractivity contribution >= 4 is 0 Å². The molecule has 3 N–H and O–H groups in total. The Balaban J connectivity index is 2.35. The van der Waals surface area contributed by atoms with E-state index >= 15 is 0 Å². The molecule has 0 aromatic carbocycles. The standard InChI is InChI=1S/C12H26N2/c1-4-11(2,13)10-14-12(3)8-6-5-7-9-12/h14H,4-10,13H2,1-3H3. The normalized spacial score (nSPS) is 25.7. The molecule has 2 nitrogen and oxygen atoms in total. The zero-order chi connectivity index (χ0) is 10.7. The molecule has 0 amide bonds. The maximum Gasteiger partial charge on any atom is 0.0249 e. The topological polar surface area (TPSA) is 38.0 Å². The van der Waals surface area contributed by atoms with Crippen LogP contribution in [0.4, 0.5) is 0 Å². The van der Waals surface area contributed by atoms with Crippen LogP contribution in [0.3, 0.4) is 0 Å². The van der Waals surface area contributed by atoms with Crippen LogP contribution in [0.2, 0.25) is 0 Å². The lowest BCUT2D eigenvalue weighted by Gasteiger charge is -2.37. The third kappa shape index (κ3) is 3.58. The highest BCUT2D eigenvalue weighted by Gasteiger charge is 2.28. The number of hydrogen-bond acceptors (Lipinski definition) is 2. The van der Waals surface area contributed by atoms with Gasteiger partial charge < -0.3 is 11.1 Å². The Labute approximate surface area is 88.6 Å². The molecule has 84 valence electrons. The van der Waals surface area contributed by atoms with E-state index in [0.29, 0.717) is 5.54 Å². The zero-order valence-electron chi connectivity index (χ0n) is 10.0. The average molecular weight is 198 g/mol. The van der Waals surface area contributed by atoms with Gasteiger partial charge in [0, 0.05) is 17.6 Å². The summed E-state index contributed by atoms with van der Waals surface area (Å²) in [6.07, 6.45) is 7.81. The van der Waals surface area contributed by atoms with E-state index in [0.717, 1.165) is 13.0 Å². The van der Waals surface area contributed by atoms with Crippen LogP contribution < -0.4 is 11.1 Å². The molecule has 1 fully saturated rings. The maximum absolute atomic E-state index is 6.13. The van der Waals surface area contributed by atoms with Gasteiger partial charge in [0.2, 0.25) is 0 Å². The van der Waals surface area contributed by atoms with Crippen LogP contribution in [-0.4, -0.2) is 17.6 Å². The van der Waals surface area contributed by atoms with Gasteiger partial charge in [-0.05, 0) is 33.1 Å². The highest BCUT2D eigenvalue weighted by molar-refractivity contribution is 4.90. The summed E-state index contributed by atoms with van der Waals surface area (Å²) in [4.78, 5) is 0. The molecule has 0 radical (unpaired) electrons. The summed E-state index contributed by atoms with van der Waals surface area (Å²) in [5.74, 6) is 0. The van der Waals surface area contributed by atoms with E-state index in [1.807, 2.05) is 0 Å². The molecule has 1 rings (SSSR count). The zero-order valence-corrected chi connectivity index (χ0v) is 10.0. The molecule has 1 aliphatic carbocycles. The minimum atomic E-state index is -0.0412. The minimum Gasteiger partial charge on any atom is -0.324 e. The van der Waals surface area contributed by atoms with Gasteiger partial charge in [0.25, 0.3) is 0 Å². The molecule has 2 heteroatoms. The van der Waals surface area contributed by atoms with Crippen molar-refractivity contribution < 1.29 is 0 Å². The predicted molar refractivity (Wildman–Crippen MR) is 62.4 cm³/mol. The van der Waals surface area contributed by atoms with Crippen LogP contribution in [0.5, 0.6) is 0 Å². The fourth-order valence-corrected chi connectivity index (χ4v) is 2.05. The first-order valence-electron chi connectivity index (χ1n) is 6.01. The second kappa shape index (κ2) is 4.63. The SMILES string of the molecule is CCC(C)(N)CNC1(C)CCCCC1. The van der Waals surface area contributed by atoms with Gasteiger partial charge in [-0.3, -0.25) is 0 Å². The van der Waals surface area contributed by atoms with Crippen LogP contribution in [-0.2, 0) is 0 Å². The highest BCUT2D eigenvalue weighted by atomic mass is 15.0. The lowest BCUT2D eigenvalue weighted by atomic mass is 9.82. The van der Waals surface area contributed by atoms with Crippen LogP contribution in [0.1, 0.15) is 59.3 Å². The van der Waals surface area contributed by atoms with Gasteiger partial charge in [-0.1, -0.05) is 26.2 Å². The first-order valence-corrected chi connectivity index (χ1v) is 6.01. The van der Waals surface area contributed by atoms with E-state index in [1.54, 1.807) is 0 Å². The summed E-state index contributed by atoms with van der Waals surface area (Å²) < 4.78 is 0. The third-order valence-electron chi connectivity index (χ3n) is 3.68. The average Bonchev–Trinajstić information content (AvgIpc) is 2.17. The molecule has 0 heterocycles. The third-order valence-corrected chi connectivity index (χ3v) is 3.68. The fourth-order valence-electron chi connectivity index (χ4n) is 2.05. The van der Waals surface area contributed by atoms with Gasteiger partial charge in [0.15, 0.2) is 0 Å². The Kier molecular flexibility index (Phi) is 3.96. The number of rotatable bonds is 4. The molecule has 0 aliphatic heterocycles. The Bertz CT molecular complexity index is 169. The van der Waals surface area contributed by atoms with Crippen molar-refractivity contribution in [1.29, 1.82) is 0 Å². The molecule has 1 saturated carbocycles. The predicted octanol–water partition coefficient (Wildman–Crippen LogP) is 2.43. The molecule has 1 aliphatic rings. The summed E-state index contributed by atoms with van der Waals surface area (Å²) in [7, 11) is 0. The Morgan fingerprint density at radius 3 is 2.36 bits per heavy atom. The van der Waals surface area contributed by atoms with Crippen molar-refractivity contribution in [3.63, 3.8) is 0 Å². The molecule has 0 spiro atoms. The summed E-state index contributed by atoms with van der Waals surface area (Å²) in [5.41, 5.74) is 6.44. The maximum atomic E-state index is 6.13. The van der Waals surface area contributed by atoms with E-state index in [-0.39, 0.29) is 5.54 Å². The van der Waals surface area contributed by atoms with Gasteiger partial charge in [-0.15, -0.1) is 0 Å². The summed E-state index contributed by atoms with van der Waals surface area (Å²) >= 11 is 0. The Morgan fingerprint density at radius 2 is 1.86 bits per heavy atom. The van der Waals surface area contributed by atoms with E-state index in [9.17, 15) is 0 Å². The van der Waals surface area contributed by atoms with Crippen molar-refractivity contribution in [2.24, 2.45) is 5.73 Å². The van der Waals surface area contributed by atoms with Crippen LogP contribution in [0.25, 0.3) is 0 Å². The van der Waals surface area contributed by atoms with E-state index in [1.165, 1.54) is 32.1 Å². The largest absolute Gasteiger partial charge is 0.324 e. The first-order chi connectivity index (χ1) is 6.47. The highest BCUT2D eigenvalue weighted by Crippen LogP contribution is 2.27. The van der Waals surface area contributed by atoms with E-state index in [2.05, 4.69) is 26.1 Å². The van der Waals surface area contributed by atoms with Gasteiger partial charge >= 0.3 is 0 Å².